The molecule has 18 heavy (non-hydrogen) atoms. The molecule has 0 saturated heterocycles. The van der Waals surface area contributed by atoms with Crippen molar-refractivity contribution < 1.29 is 4.39 Å². The molecular formula is C13H13ClFN3. The van der Waals surface area contributed by atoms with Gasteiger partial charge in [0.15, 0.2) is 0 Å². The van der Waals surface area contributed by atoms with Gasteiger partial charge in [-0.3, -0.25) is 0 Å². The van der Waals surface area contributed by atoms with E-state index in [0.29, 0.717) is 6.54 Å². The standard InChI is InChI=1S/C13H13ClFN3/c1-2-10-6-13(18-8-17-10)16-7-9-3-4-12(15)11(14)5-9/h3-6,8H,2,7H2,1H3,(H,16,17,18). The van der Waals surface area contributed by atoms with Crippen LogP contribution in [0.4, 0.5) is 10.2 Å². The Morgan fingerprint density at radius 2 is 2.11 bits per heavy atom. The summed E-state index contributed by atoms with van der Waals surface area (Å²) in [7, 11) is 0. The molecule has 2 aromatic rings. The normalized spacial score (nSPS) is 10.4. The zero-order chi connectivity index (χ0) is 13.0. The van der Waals surface area contributed by atoms with E-state index in [1.165, 1.54) is 12.4 Å². The van der Waals surface area contributed by atoms with Crippen LogP contribution in [-0.2, 0) is 13.0 Å². The zero-order valence-electron chi connectivity index (χ0n) is 9.95. The molecule has 94 valence electrons. The number of nitrogens with zero attached hydrogens (tertiary/aromatic N) is 2. The van der Waals surface area contributed by atoms with E-state index in [1.807, 2.05) is 13.0 Å². The molecule has 0 fully saturated rings. The molecule has 1 aromatic carbocycles. The molecule has 0 saturated carbocycles. The number of nitrogens with one attached hydrogen (secondary N) is 1. The van der Waals surface area contributed by atoms with Gasteiger partial charge in [0.25, 0.3) is 0 Å². The largest absolute Gasteiger partial charge is 0.366 e. The lowest BCUT2D eigenvalue weighted by Crippen LogP contribution is -2.03. The van der Waals surface area contributed by atoms with Crippen molar-refractivity contribution in [1.29, 1.82) is 0 Å². The Morgan fingerprint density at radius 3 is 2.83 bits per heavy atom. The zero-order valence-corrected chi connectivity index (χ0v) is 10.7. The number of aryl methyl sites for hydroxylation is 1. The van der Waals surface area contributed by atoms with Gasteiger partial charge >= 0.3 is 0 Å². The maximum Gasteiger partial charge on any atom is 0.141 e. The summed E-state index contributed by atoms with van der Waals surface area (Å²) in [5.41, 5.74) is 1.88. The summed E-state index contributed by atoms with van der Waals surface area (Å²) >= 11 is 5.71. The Labute approximate surface area is 110 Å². The van der Waals surface area contributed by atoms with Crippen molar-refractivity contribution in [2.24, 2.45) is 0 Å². The number of rotatable bonds is 4. The summed E-state index contributed by atoms with van der Waals surface area (Å²) in [6.45, 7) is 2.58. The average Bonchev–Trinajstić information content (AvgIpc) is 2.40. The van der Waals surface area contributed by atoms with Gasteiger partial charge in [-0.1, -0.05) is 24.6 Å². The Balaban J connectivity index is 2.04. The summed E-state index contributed by atoms with van der Waals surface area (Å²) in [6.07, 6.45) is 2.39. The van der Waals surface area contributed by atoms with Crippen LogP contribution in [-0.4, -0.2) is 9.97 Å². The molecule has 0 aliphatic carbocycles. The molecule has 0 aliphatic rings. The number of hydrogen-bond donors (Lipinski definition) is 1. The lowest BCUT2D eigenvalue weighted by Gasteiger charge is -2.07. The van der Waals surface area contributed by atoms with Crippen LogP contribution >= 0.6 is 11.6 Å². The fourth-order valence-corrected chi connectivity index (χ4v) is 1.73. The van der Waals surface area contributed by atoms with Crippen LogP contribution in [0.25, 0.3) is 0 Å². The predicted molar refractivity (Wildman–Crippen MR) is 70.1 cm³/mol. The van der Waals surface area contributed by atoms with Crippen LogP contribution in [0.5, 0.6) is 0 Å². The second kappa shape index (κ2) is 5.78. The molecule has 0 atom stereocenters. The fourth-order valence-electron chi connectivity index (χ4n) is 1.53. The van der Waals surface area contributed by atoms with Gasteiger partial charge in [0.05, 0.1) is 5.02 Å². The third-order valence-corrected chi connectivity index (χ3v) is 2.83. The Hall–Kier alpha value is -1.68. The molecule has 0 radical (unpaired) electrons. The SMILES string of the molecule is CCc1cc(NCc2ccc(F)c(Cl)c2)ncn1. The topological polar surface area (TPSA) is 37.8 Å². The van der Waals surface area contributed by atoms with E-state index < -0.39 is 5.82 Å². The molecule has 1 N–H and O–H groups in total. The molecular weight excluding hydrogens is 253 g/mol. The van der Waals surface area contributed by atoms with Crippen LogP contribution < -0.4 is 5.32 Å². The monoisotopic (exact) mass is 265 g/mol. The van der Waals surface area contributed by atoms with Crippen LogP contribution in [0.2, 0.25) is 5.02 Å². The highest BCUT2D eigenvalue weighted by Gasteiger charge is 2.02. The van der Waals surface area contributed by atoms with Gasteiger partial charge in [-0.25, -0.2) is 14.4 Å². The number of hydrogen-bond acceptors (Lipinski definition) is 3. The molecule has 0 bridgehead atoms. The second-order valence-corrected chi connectivity index (χ2v) is 4.26. The van der Waals surface area contributed by atoms with Gasteiger partial charge in [-0.05, 0) is 24.1 Å². The molecule has 0 amide bonds. The highest BCUT2D eigenvalue weighted by Crippen LogP contribution is 2.16. The van der Waals surface area contributed by atoms with Crippen molar-refractivity contribution in [3.63, 3.8) is 0 Å². The number of anilines is 1. The molecule has 1 aromatic heterocycles. The smallest absolute Gasteiger partial charge is 0.141 e. The van der Waals surface area contributed by atoms with E-state index in [0.717, 1.165) is 23.5 Å². The van der Waals surface area contributed by atoms with E-state index in [4.69, 9.17) is 11.6 Å². The van der Waals surface area contributed by atoms with Crippen molar-refractivity contribution in [3.8, 4) is 0 Å². The van der Waals surface area contributed by atoms with E-state index in [9.17, 15) is 4.39 Å². The molecule has 0 spiro atoms. The third kappa shape index (κ3) is 3.17. The lowest BCUT2D eigenvalue weighted by molar-refractivity contribution is 0.627. The van der Waals surface area contributed by atoms with Crippen molar-refractivity contribution in [2.75, 3.05) is 5.32 Å². The summed E-state index contributed by atoms with van der Waals surface area (Å²) in [6, 6.07) is 6.55. The van der Waals surface area contributed by atoms with E-state index in [1.54, 1.807) is 12.1 Å². The maximum absolute atomic E-state index is 13.0. The van der Waals surface area contributed by atoms with Crippen molar-refractivity contribution in [3.05, 3.63) is 52.7 Å². The quantitative estimate of drug-likeness (QED) is 0.920. The summed E-state index contributed by atoms with van der Waals surface area (Å²) in [4.78, 5) is 8.23. The molecule has 1 heterocycles. The number of halogens is 2. The van der Waals surface area contributed by atoms with Gasteiger partial charge < -0.3 is 5.32 Å². The average molecular weight is 266 g/mol. The number of benzene rings is 1. The summed E-state index contributed by atoms with van der Waals surface area (Å²) in [5, 5.41) is 3.28. The van der Waals surface area contributed by atoms with E-state index in [2.05, 4.69) is 15.3 Å². The van der Waals surface area contributed by atoms with Crippen LogP contribution in [0, 0.1) is 5.82 Å². The summed E-state index contributed by atoms with van der Waals surface area (Å²) in [5.74, 6) is 0.345. The Kier molecular flexibility index (Phi) is 4.10. The van der Waals surface area contributed by atoms with Crippen molar-refractivity contribution >= 4 is 17.4 Å². The molecule has 5 heteroatoms. The first-order chi connectivity index (χ1) is 8.69. The molecule has 0 aliphatic heterocycles. The minimum absolute atomic E-state index is 0.131. The van der Waals surface area contributed by atoms with Crippen molar-refractivity contribution in [2.45, 2.75) is 19.9 Å². The second-order valence-electron chi connectivity index (χ2n) is 3.85. The highest BCUT2D eigenvalue weighted by molar-refractivity contribution is 6.30. The maximum atomic E-state index is 13.0. The van der Waals surface area contributed by atoms with Gasteiger partial charge in [-0.15, -0.1) is 0 Å². The van der Waals surface area contributed by atoms with Gasteiger partial charge in [-0.2, -0.15) is 0 Å². The minimum atomic E-state index is -0.407. The van der Waals surface area contributed by atoms with E-state index in [-0.39, 0.29) is 5.02 Å². The minimum Gasteiger partial charge on any atom is -0.366 e. The first-order valence-corrected chi connectivity index (χ1v) is 6.05. The first kappa shape index (κ1) is 12.8. The molecule has 0 unspecified atom stereocenters. The van der Waals surface area contributed by atoms with Gasteiger partial charge in [0, 0.05) is 18.3 Å². The van der Waals surface area contributed by atoms with Crippen molar-refractivity contribution in [1.82, 2.24) is 9.97 Å². The van der Waals surface area contributed by atoms with Gasteiger partial charge in [0.2, 0.25) is 0 Å². The molecule has 2 rings (SSSR count). The first-order valence-electron chi connectivity index (χ1n) is 5.67. The lowest BCUT2D eigenvalue weighted by atomic mass is 10.2. The Bertz CT molecular complexity index is 546. The van der Waals surface area contributed by atoms with E-state index >= 15 is 0 Å². The Morgan fingerprint density at radius 1 is 1.28 bits per heavy atom. The molecule has 3 nitrogen and oxygen atoms in total. The van der Waals surface area contributed by atoms with Crippen LogP contribution in [0.1, 0.15) is 18.2 Å². The number of aromatic nitrogens is 2. The summed E-state index contributed by atoms with van der Waals surface area (Å²) < 4.78 is 13.0. The fraction of sp³-hybridized carbons (Fsp3) is 0.231. The highest BCUT2D eigenvalue weighted by atomic mass is 35.5. The predicted octanol–water partition coefficient (Wildman–Crippen LogP) is 3.44. The van der Waals surface area contributed by atoms with Crippen LogP contribution in [0.3, 0.4) is 0 Å². The third-order valence-electron chi connectivity index (χ3n) is 2.54. The van der Waals surface area contributed by atoms with Gasteiger partial charge in [0.1, 0.15) is 18.0 Å². The van der Waals surface area contributed by atoms with Crippen LogP contribution in [0.15, 0.2) is 30.6 Å².